The number of thioether (sulfide) groups is 1. The normalized spacial score (nSPS) is 11.9. The van der Waals surface area contributed by atoms with E-state index < -0.39 is 0 Å². The maximum atomic E-state index is 12.1. The van der Waals surface area contributed by atoms with Gasteiger partial charge in [-0.3, -0.25) is 4.79 Å². The Balaban J connectivity index is 1.83. The van der Waals surface area contributed by atoms with Crippen molar-refractivity contribution in [1.82, 2.24) is 5.32 Å². The van der Waals surface area contributed by atoms with E-state index in [-0.39, 0.29) is 11.2 Å². The Hall–Kier alpha value is -1.74. The van der Waals surface area contributed by atoms with Crippen molar-refractivity contribution < 1.29 is 4.79 Å². The molecule has 3 heteroatoms. The lowest BCUT2D eigenvalue weighted by molar-refractivity contribution is -0.120. The van der Waals surface area contributed by atoms with Crippen LogP contribution in [0.1, 0.15) is 18.1 Å². The fourth-order valence-electron chi connectivity index (χ4n) is 1.80. The van der Waals surface area contributed by atoms with Crippen molar-refractivity contribution in [3.63, 3.8) is 0 Å². The van der Waals surface area contributed by atoms with Crippen molar-refractivity contribution in [2.45, 2.75) is 30.5 Å². The third-order valence-electron chi connectivity index (χ3n) is 3.01. The molecule has 1 amide bonds. The molecule has 0 fully saturated rings. The van der Waals surface area contributed by atoms with Crippen LogP contribution in [0.4, 0.5) is 0 Å². The second kappa shape index (κ2) is 7.15. The van der Waals surface area contributed by atoms with Crippen molar-refractivity contribution in [1.29, 1.82) is 0 Å². The Morgan fingerprint density at radius 2 is 1.75 bits per heavy atom. The molecule has 2 aromatic carbocycles. The summed E-state index contributed by atoms with van der Waals surface area (Å²) in [6.45, 7) is 4.57. The summed E-state index contributed by atoms with van der Waals surface area (Å²) >= 11 is 1.58. The average Bonchev–Trinajstić information content (AvgIpc) is 2.47. The van der Waals surface area contributed by atoms with Gasteiger partial charge in [-0.2, -0.15) is 0 Å². The second-order valence-electron chi connectivity index (χ2n) is 4.78. The number of hydrogen-bond acceptors (Lipinski definition) is 2. The topological polar surface area (TPSA) is 29.1 Å². The lowest BCUT2D eigenvalue weighted by atomic mass is 10.1. The second-order valence-corrected chi connectivity index (χ2v) is 6.19. The van der Waals surface area contributed by atoms with Crippen LogP contribution < -0.4 is 5.32 Å². The summed E-state index contributed by atoms with van der Waals surface area (Å²) in [5.74, 6) is 0.0689. The summed E-state index contributed by atoms with van der Waals surface area (Å²) in [6, 6.07) is 18.2. The van der Waals surface area contributed by atoms with Crippen molar-refractivity contribution in [2.75, 3.05) is 0 Å². The Morgan fingerprint density at radius 3 is 2.40 bits per heavy atom. The smallest absolute Gasteiger partial charge is 0.233 e. The van der Waals surface area contributed by atoms with E-state index in [1.165, 1.54) is 5.56 Å². The highest BCUT2D eigenvalue weighted by molar-refractivity contribution is 8.00. The molecule has 20 heavy (non-hydrogen) atoms. The van der Waals surface area contributed by atoms with Gasteiger partial charge < -0.3 is 5.32 Å². The first kappa shape index (κ1) is 14.7. The van der Waals surface area contributed by atoms with Crippen LogP contribution in [0.15, 0.2) is 59.5 Å². The molecular formula is C17H19NOS. The van der Waals surface area contributed by atoms with Gasteiger partial charge in [-0.15, -0.1) is 11.8 Å². The molecule has 0 saturated carbocycles. The summed E-state index contributed by atoms with van der Waals surface area (Å²) in [5, 5.41) is 2.88. The first-order chi connectivity index (χ1) is 9.65. The molecule has 104 valence electrons. The molecule has 1 N–H and O–H groups in total. The first-order valence-electron chi connectivity index (χ1n) is 6.70. The molecular weight excluding hydrogens is 266 g/mol. The van der Waals surface area contributed by atoms with Crippen molar-refractivity contribution >= 4 is 17.7 Å². The van der Waals surface area contributed by atoms with Crippen LogP contribution in [-0.4, -0.2) is 11.2 Å². The summed E-state index contributed by atoms with van der Waals surface area (Å²) in [7, 11) is 0. The fraction of sp³-hybridized carbons (Fsp3) is 0.235. The van der Waals surface area contributed by atoms with Gasteiger partial charge in [0.1, 0.15) is 0 Å². The van der Waals surface area contributed by atoms with Gasteiger partial charge in [0.25, 0.3) is 0 Å². The molecule has 0 aliphatic rings. The van der Waals surface area contributed by atoms with Gasteiger partial charge in [0.05, 0.1) is 5.25 Å². The number of carbonyl (C=O) groups is 1. The highest BCUT2D eigenvalue weighted by atomic mass is 32.2. The molecule has 0 radical (unpaired) electrons. The monoisotopic (exact) mass is 285 g/mol. The number of rotatable bonds is 5. The minimum Gasteiger partial charge on any atom is -0.351 e. The predicted molar refractivity (Wildman–Crippen MR) is 84.8 cm³/mol. The van der Waals surface area contributed by atoms with E-state index in [1.807, 2.05) is 49.4 Å². The fourth-order valence-corrected chi connectivity index (χ4v) is 2.71. The molecule has 2 aromatic rings. The lowest BCUT2D eigenvalue weighted by Crippen LogP contribution is -2.30. The third-order valence-corrected chi connectivity index (χ3v) is 4.12. The Kier molecular flexibility index (Phi) is 5.24. The summed E-state index contributed by atoms with van der Waals surface area (Å²) in [6.07, 6.45) is 0. The molecule has 0 aromatic heterocycles. The molecule has 0 heterocycles. The molecule has 1 atom stereocenters. The number of aryl methyl sites for hydroxylation is 1. The standard InChI is InChI=1S/C17H19NOS/c1-13-8-10-15(11-9-13)12-18-17(19)14(2)20-16-6-4-3-5-7-16/h3-11,14H,12H2,1-2H3,(H,18,19)/t14-/m0/s1. The van der Waals surface area contributed by atoms with Gasteiger partial charge in [0.15, 0.2) is 0 Å². The van der Waals surface area contributed by atoms with E-state index in [4.69, 9.17) is 0 Å². The quantitative estimate of drug-likeness (QED) is 0.847. The first-order valence-corrected chi connectivity index (χ1v) is 7.58. The molecule has 2 rings (SSSR count). The highest BCUT2D eigenvalue weighted by Crippen LogP contribution is 2.22. The lowest BCUT2D eigenvalue weighted by Gasteiger charge is -2.12. The van der Waals surface area contributed by atoms with Crippen LogP contribution in [0.2, 0.25) is 0 Å². The van der Waals surface area contributed by atoms with Gasteiger partial charge in [0, 0.05) is 11.4 Å². The van der Waals surface area contributed by atoms with Crippen molar-refractivity contribution in [3.8, 4) is 0 Å². The Labute approximate surface area is 124 Å². The molecule has 2 nitrogen and oxygen atoms in total. The largest absolute Gasteiger partial charge is 0.351 e. The van der Waals surface area contributed by atoms with Crippen LogP contribution in [0.25, 0.3) is 0 Å². The van der Waals surface area contributed by atoms with Gasteiger partial charge in [0.2, 0.25) is 5.91 Å². The Morgan fingerprint density at radius 1 is 1.10 bits per heavy atom. The van der Waals surface area contributed by atoms with Crippen molar-refractivity contribution in [3.05, 3.63) is 65.7 Å². The van der Waals surface area contributed by atoms with Crippen molar-refractivity contribution in [2.24, 2.45) is 0 Å². The van der Waals surface area contributed by atoms with Crippen LogP contribution in [0.3, 0.4) is 0 Å². The van der Waals surface area contributed by atoms with Crippen LogP contribution in [0.5, 0.6) is 0 Å². The van der Waals surface area contributed by atoms with E-state index in [0.717, 1.165) is 10.5 Å². The maximum absolute atomic E-state index is 12.1. The van der Waals surface area contributed by atoms with Crippen LogP contribution >= 0.6 is 11.8 Å². The zero-order valence-electron chi connectivity index (χ0n) is 11.8. The zero-order valence-corrected chi connectivity index (χ0v) is 12.6. The third kappa shape index (κ3) is 4.42. The minimum atomic E-state index is -0.0946. The molecule has 0 saturated heterocycles. The van der Waals surface area contributed by atoms with Crippen LogP contribution in [0, 0.1) is 6.92 Å². The SMILES string of the molecule is Cc1ccc(CNC(=O)[C@H](C)Sc2ccccc2)cc1. The van der Waals surface area contributed by atoms with E-state index in [9.17, 15) is 4.79 Å². The van der Waals surface area contributed by atoms with E-state index in [1.54, 1.807) is 11.8 Å². The number of amides is 1. The molecule has 0 aliphatic heterocycles. The predicted octanol–water partition coefficient (Wildman–Crippen LogP) is 3.79. The summed E-state index contributed by atoms with van der Waals surface area (Å²) in [4.78, 5) is 13.2. The van der Waals surface area contributed by atoms with Gasteiger partial charge in [-0.05, 0) is 31.5 Å². The molecule has 0 spiro atoms. The maximum Gasteiger partial charge on any atom is 0.233 e. The number of hydrogen-bond donors (Lipinski definition) is 1. The van der Waals surface area contributed by atoms with Crippen LogP contribution in [-0.2, 0) is 11.3 Å². The average molecular weight is 285 g/mol. The zero-order chi connectivity index (χ0) is 14.4. The highest BCUT2D eigenvalue weighted by Gasteiger charge is 2.13. The van der Waals surface area contributed by atoms with E-state index in [0.29, 0.717) is 6.54 Å². The van der Waals surface area contributed by atoms with Gasteiger partial charge >= 0.3 is 0 Å². The van der Waals surface area contributed by atoms with E-state index in [2.05, 4.69) is 24.4 Å². The molecule has 0 bridgehead atoms. The number of nitrogens with one attached hydrogen (secondary N) is 1. The minimum absolute atomic E-state index is 0.0689. The van der Waals surface area contributed by atoms with Gasteiger partial charge in [-0.1, -0.05) is 48.0 Å². The van der Waals surface area contributed by atoms with Gasteiger partial charge in [-0.25, -0.2) is 0 Å². The number of benzene rings is 2. The number of carbonyl (C=O) groups excluding carboxylic acids is 1. The summed E-state index contributed by atoms with van der Waals surface area (Å²) in [5.41, 5.74) is 2.36. The molecule has 0 aliphatic carbocycles. The Bertz CT molecular complexity index is 551. The summed E-state index contributed by atoms with van der Waals surface area (Å²) < 4.78 is 0. The van der Waals surface area contributed by atoms with E-state index >= 15 is 0 Å². The molecule has 0 unspecified atom stereocenters.